The molecule has 0 saturated carbocycles. The van der Waals surface area contributed by atoms with E-state index < -0.39 is 23.5 Å². The first-order valence-corrected chi connectivity index (χ1v) is 5.93. The van der Waals surface area contributed by atoms with E-state index in [2.05, 4.69) is 15.5 Å². The molecule has 0 aliphatic carbocycles. The molecule has 6 nitrogen and oxygen atoms in total. The fraction of sp³-hybridized carbons (Fsp3) is 0.333. The largest absolute Gasteiger partial charge is 0.481 e. The summed E-state index contributed by atoms with van der Waals surface area (Å²) in [5, 5.41) is 19.6. The van der Waals surface area contributed by atoms with Gasteiger partial charge < -0.3 is 5.11 Å². The van der Waals surface area contributed by atoms with E-state index in [1.54, 1.807) is 6.92 Å². The number of nitrogens with zero attached hydrogens (tertiary/aromatic N) is 4. The molecular weight excluding hydrogens is 270 g/mol. The van der Waals surface area contributed by atoms with Crippen molar-refractivity contribution < 1.29 is 18.7 Å². The standard InChI is InChI=1S/C12H12F2N4O2/c1-7(12(19)20)4-5-18-11(15-16-17-18)9-6-8(13)2-3-10(9)14/h2-3,6-7H,4-5H2,1H3,(H,19,20). The summed E-state index contributed by atoms with van der Waals surface area (Å²) in [6.07, 6.45) is 0.282. The van der Waals surface area contributed by atoms with E-state index in [9.17, 15) is 13.6 Å². The molecule has 0 bridgehead atoms. The van der Waals surface area contributed by atoms with E-state index in [0.29, 0.717) is 0 Å². The van der Waals surface area contributed by atoms with Crippen molar-refractivity contribution in [1.82, 2.24) is 20.2 Å². The molecular formula is C12H12F2N4O2. The van der Waals surface area contributed by atoms with Gasteiger partial charge in [-0.3, -0.25) is 4.79 Å². The van der Waals surface area contributed by atoms with Crippen LogP contribution < -0.4 is 0 Å². The number of benzene rings is 1. The molecule has 1 atom stereocenters. The third-order valence-corrected chi connectivity index (χ3v) is 2.90. The molecule has 8 heteroatoms. The van der Waals surface area contributed by atoms with Gasteiger partial charge in [0.2, 0.25) is 0 Å². The lowest BCUT2D eigenvalue weighted by molar-refractivity contribution is -0.141. The zero-order valence-electron chi connectivity index (χ0n) is 10.6. The number of rotatable bonds is 5. The maximum absolute atomic E-state index is 13.7. The van der Waals surface area contributed by atoms with Crippen LogP contribution in [0.5, 0.6) is 0 Å². The van der Waals surface area contributed by atoms with Gasteiger partial charge in [0.1, 0.15) is 11.6 Å². The molecule has 0 amide bonds. The summed E-state index contributed by atoms with van der Waals surface area (Å²) < 4.78 is 28.1. The first-order chi connectivity index (χ1) is 9.49. The molecule has 0 aliphatic rings. The van der Waals surface area contributed by atoms with Crippen molar-refractivity contribution in [3.8, 4) is 11.4 Å². The summed E-state index contributed by atoms with van der Waals surface area (Å²) in [4.78, 5) is 10.7. The predicted molar refractivity (Wildman–Crippen MR) is 64.6 cm³/mol. The van der Waals surface area contributed by atoms with E-state index in [1.807, 2.05) is 0 Å². The summed E-state index contributed by atoms with van der Waals surface area (Å²) >= 11 is 0. The van der Waals surface area contributed by atoms with Crippen molar-refractivity contribution in [3.63, 3.8) is 0 Å². The summed E-state index contributed by atoms with van der Waals surface area (Å²) in [5.41, 5.74) is -0.0574. The van der Waals surface area contributed by atoms with E-state index in [1.165, 1.54) is 4.68 Å². The molecule has 0 radical (unpaired) electrons. The minimum atomic E-state index is -0.934. The van der Waals surface area contributed by atoms with Gasteiger partial charge in [0.25, 0.3) is 0 Å². The first kappa shape index (κ1) is 14.0. The first-order valence-electron chi connectivity index (χ1n) is 5.93. The second kappa shape index (κ2) is 5.72. The smallest absolute Gasteiger partial charge is 0.306 e. The minimum absolute atomic E-state index is 0.0574. The number of aliphatic carboxylic acids is 1. The lowest BCUT2D eigenvalue weighted by atomic mass is 10.1. The normalized spacial score (nSPS) is 12.3. The molecule has 2 rings (SSSR count). The van der Waals surface area contributed by atoms with Crippen molar-refractivity contribution in [2.75, 3.05) is 0 Å². The fourth-order valence-electron chi connectivity index (χ4n) is 1.66. The quantitative estimate of drug-likeness (QED) is 0.903. The Morgan fingerprint density at radius 1 is 1.45 bits per heavy atom. The predicted octanol–water partition coefficient (Wildman–Crippen LogP) is 1.73. The highest BCUT2D eigenvalue weighted by Crippen LogP contribution is 2.21. The Labute approximate surface area is 113 Å². The highest BCUT2D eigenvalue weighted by Gasteiger charge is 2.17. The van der Waals surface area contributed by atoms with Crippen LogP contribution >= 0.6 is 0 Å². The van der Waals surface area contributed by atoms with Crippen molar-refractivity contribution in [3.05, 3.63) is 29.8 Å². The van der Waals surface area contributed by atoms with Gasteiger partial charge in [0, 0.05) is 6.54 Å². The van der Waals surface area contributed by atoms with E-state index >= 15 is 0 Å². The highest BCUT2D eigenvalue weighted by atomic mass is 19.1. The van der Waals surface area contributed by atoms with Crippen LogP contribution in [0.2, 0.25) is 0 Å². The zero-order chi connectivity index (χ0) is 14.7. The SMILES string of the molecule is CC(CCn1nnnc1-c1cc(F)ccc1F)C(=O)O. The van der Waals surface area contributed by atoms with Crippen LogP contribution in [0.25, 0.3) is 11.4 Å². The van der Waals surface area contributed by atoms with Gasteiger partial charge in [-0.1, -0.05) is 6.92 Å². The second-order valence-electron chi connectivity index (χ2n) is 4.38. The van der Waals surface area contributed by atoms with Gasteiger partial charge in [-0.05, 0) is 35.0 Å². The summed E-state index contributed by atoms with van der Waals surface area (Å²) in [6.45, 7) is 1.75. The molecule has 1 heterocycles. The molecule has 1 aromatic heterocycles. The average molecular weight is 282 g/mol. The Morgan fingerprint density at radius 3 is 2.90 bits per heavy atom. The Bertz CT molecular complexity index is 630. The minimum Gasteiger partial charge on any atom is -0.481 e. The Balaban J connectivity index is 2.24. The van der Waals surface area contributed by atoms with Crippen LogP contribution in [0.4, 0.5) is 8.78 Å². The fourth-order valence-corrected chi connectivity index (χ4v) is 1.66. The number of halogens is 2. The molecule has 0 saturated heterocycles. The Hall–Kier alpha value is -2.38. The third-order valence-electron chi connectivity index (χ3n) is 2.90. The second-order valence-corrected chi connectivity index (χ2v) is 4.38. The van der Waals surface area contributed by atoms with Crippen molar-refractivity contribution in [2.24, 2.45) is 5.92 Å². The molecule has 2 aromatic rings. The summed E-state index contributed by atoms with van der Waals surface area (Å²) in [5.74, 6) is -2.69. The topological polar surface area (TPSA) is 80.9 Å². The van der Waals surface area contributed by atoms with Crippen LogP contribution in [-0.2, 0) is 11.3 Å². The Morgan fingerprint density at radius 2 is 2.20 bits per heavy atom. The highest BCUT2D eigenvalue weighted by molar-refractivity contribution is 5.69. The van der Waals surface area contributed by atoms with Gasteiger partial charge >= 0.3 is 5.97 Å². The number of carbonyl (C=O) groups is 1. The number of hydrogen-bond acceptors (Lipinski definition) is 4. The van der Waals surface area contributed by atoms with Crippen LogP contribution in [0, 0.1) is 17.6 Å². The van der Waals surface area contributed by atoms with Crippen LogP contribution in [-0.4, -0.2) is 31.3 Å². The molecule has 0 spiro atoms. The number of aromatic nitrogens is 4. The molecule has 1 N–H and O–H groups in total. The zero-order valence-corrected chi connectivity index (χ0v) is 10.6. The number of carboxylic acid groups (broad SMARTS) is 1. The van der Waals surface area contributed by atoms with E-state index in [0.717, 1.165) is 18.2 Å². The van der Waals surface area contributed by atoms with E-state index in [-0.39, 0.29) is 24.4 Å². The molecule has 106 valence electrons. The lowest BCUT2D eigenvalue weighted by Gasteiger charge is -2.08. The molecule has 1 unspecified atom stereocenters. The van der Waals surface area contributed by atoms with Gasteiger partial charge in [0.15, 0.2) is 5.82 Å². The van der Waals surface area contributed by atoms with E-state index in [4.69, 9.17) is 5.11 Å². The van der Waals surface area contributed by atoms with Crippen molar-refractivity contribution in [1.29, 1.82) is 0 Å². The molecule has 0 aliphatic heterocycles. The maximum Gasteiger partial charge on any atom is 0.306 e. The Kier molecular flexibility index (Phi) is 4.02. The molecule has 1 aromatic carbocycles. The maximum atomic E-state index is 13.7. The monoisotopic (exact) mass is 282 g/mol. The third kappa shape index (κ3) is 2.95. The van der Waals surface area contributed by atoms with Gasteiger partial charge in [0.05, 0.1) is 11.5 Å². The van der Waals surface area contributed by atoms with Gasteiger partial charge in [-0.15, -0.1) is 5.10 Å². The number of carboxylic acids is 1. The summed E-state index contributed by atoms with van der Waals surface area (Å²) in [7, 11) is 0. The lowest BCUT2D eigenvalue weighted by Crippen LogP contribution is -2.14. The number of tetrazole rings is 1. The van der Waals surface area contributed by atoms with Gasteiger partial charge in [-0.2, -0.15) is 0 Å². The summed E-state index contributed by atoms with van der Waals surface area (Å²) in [6, 6.07) is 2.99. The average Bonchev–Trinajstić information content (AvgIpc) is 2.86. The van der Waals surface area contributed by atoms with Crippen LogP contribution in [0.15, 0.2) is 18.2 Å². The van der Waals surface area contributed by atoms with Crippen molar-refractivity contribution >= 4 is 5.97 Å². The number of hydrogen-bond donors (Lipinski definition) is 1. The van der Waals surface area contributed by atoms with Crippen molar-refractivity contribution in [2.45, 2.75) is 19.9 Å². The molecule has 0 fully saturated rings. The van der Waals surface area contributed by atoms with Crippen LogP contribution in [0.3, 0.4) is 0 Å². The molecule has 20 heavy (non-hydrogen) atoms. The van der Waals surface area contributed by atoms with Crippen LogP contribution in [0.1, 0.15) is 13.3 Å². The van der Waals surface area contributed by atoms with Gasteiger partial charge in [-0.25, -0.2) is 13.5 Å². The number of aryl methyl sites for hydroxylation is 1.